The van der Waals surface area contributed by atoms with Gasteiger partial charge in [0.1, 0.15) is 0 Å². The number of fused-ring (bicyclic) bond motifs is 1. The molecule has 20 heavy (non-hydrogen) atoms. The minimum absolute atomic E-state index is 0.0470. The summed E-state index contributed by atoms with van der Waals surface area (Å²) in [6.45, 7) is 0.424. The Morgan fingerprint density at radius 1 is 1.55 bits per heavy atom. The van der Waals surface area contributed by atoms with Crippen LogP contribution < -0.4 is 5.76 Å². The number of aromatic nitrogens is 1. The number of carboxylic acid groups (broad SMARTS) is 1. The molecule has 2 aromatic rings. The number of hydrogen-bond acceptors (Lipinski definition) is 6. The number of benzene rings is 1. The summed E-state index contributed by atoms with van der Waals surface area (Å²) in [5.41, 5.74) is -2.36. The molecule has 9 heteroatoms. The number of rotatable bonds is 4. The van der Waals surface area contributed by atoms with Crippen molar-refractivity contribution < 1.29 is 24.3 Å². The van der Waals surface area contributed by atoms with Crippen LogP contribution in [0.2, 0.25) is 0 Å². The van der Waals surface area contributed by atoms with E-state index in [0.717, 1.165) is 23.6 Å². The Labute approximate surface area is 110 Å². The second-order valence-corrected chi connectivity index (χ2v) is 4.44. The van der Waals surface area contributed by atoms with Crippen LogP contribution in [0.25, 0.3) is 11.1 Å². The third kappa shape index (κ3) is 2.26. The molecule has 0 aliphatic rings. The van der Waals surface area contributed by atoms with Crippen molar-refractivity contribution >= 4 is 22.8 Å². The van der Waals surface area contributed by atoms with Crippen molar-refractivity contribution in [3.8, 4) is 0 Å². The average molecular weight is 282 g/mol. The van der Waals surface area contributed by atoms with Crippen LogP contribution in [0.3, 0.4) is 0 Å². The fourth-order valence-electron chi connectivity index (χ4n) is 1.69. The topological polar surface area (TPSA) is 136 Å². The highest BCUT2D eigenvalue weighted by Gasteiger charge is 2.32. The predicted octanol–water partition coefficient (Wildman–Crippen LogP) is 0.338. The number of nitrogens with zero attached hydrogens (tertiary/aromatic N) is 2. The first-order chi connectivity index (χ1) is 9.22. The highest BCUT2D eigenvalue weighted by molar-refractivity contribution is 5.78. The molecular weight excluding hydrogens is 272 g/mol. The van der Waals surface area contributed by atoms with E-state index < -0.39 is 28.8 Å². The molecule has 2 rings (SSSR count). The van der Waals surface area contributed by atoms with E-state index in [1.807, 2.05) is 0 Å². The standard InChI is InChI=1S/C11H10N2O7/c1-11(17,9(14)15)5-12-7-4-6(13(18)19)2-3-8(7)20-10(12)16/h2-4,17H,5H2,1H3,(H,14,15). The van der Waals surface area contributed by atoms with Gasteiger partial charge in [-0.2, -0.15) is 0 Å². The Balaban J connectivity index is 2.60. The number of oxazole rings is 1. The maximum absolute atomic E-state index is 11.6. The van der Waals surface area contributed by atoms with Crippen LogP contribution >= 0.6 is 0 Å². The Hall–Kier alpha value is -2.68. The number of aliphatic hydroxyl groups is 1. The lowest BCUT2D eigenvalue weighted by Gasteiger charge is -2.17. The molecule has 106 valence electrons. The zero-order valence-corrected chi connectivity index (χ0v) is 10.3. The Morgan fingerprint density at radius 3 is 2.75 bits per heavy atom. The van der Waals surface area contributed by atoms with E-state index in [2.05, 4.69) is 0 Å². The molecule has 1 heterocycles. The summed E-state index contributed by atoms with van der Waals surface area (Å²) in [6.07, 6.45) is 0. The maximum Gasteiger partial charge on any atom is 0.420 e. The van der Waals surface area contributed by atoms with Gasteiger partial charge in [0.2, 0.25) is 0 Å². The fourth-order valence-corrected chi connectivity index (χ4v) is 1.69. The number of nitro benzene ring substituents is 1. The van der Waals surface area contributed by atoms with E-state index >= 15 is 0 Å². The SMILES string of the molecule is CC(O)(Cn1c(=O)oc2ccc([N+](=O)[O-])cc21)C(=O)O. The Morgan fingerprint density at radius 2 is 2.20 bits per heavy atom. The van der Waals surface area contributed by atoms with Crippen molar-refractivity contribution in [2.75, 3.05) is 0 Å². The number of non-ortho nitro benzene ring substituents is 1. The van der Waals surface area contributed by atoms with Crippen molar-refractivity contribution in [2.45, 2.75) is 19.1 Å². The van der Waals surface area contributed by atoms with Gasteiger partial charge in [-0.1, -0.05) is 0 Å². The number of nitro groups is 1. The van der Waals surface area contributed by atoms with Gasteiger partial charge in [0.15, 0.2) is 11.2 Å². The average Bonchev–Trinajstić information content (AvgIpc) is 2.64. The minimum Gasteiger partial charge on any atom is -0.479 e. The van der Waals surface area contributed by atoms with Crippen molar-refractivity contribution in [2.24, 2.45) is 0 Å². The highest BCUT2D eigenvalue weighted by Crippen LogP contribution is 2.21. The van der Waals surface area contributed by atoms with Crippen molar-refractivity contribution in [1.29, 1.82) is 0 Å². The van der Waals surface area contributed by atoms with Gasteiger partial charge in [0, 0.05) is 12.1 Å². The largest absolute Gasteiger partial charge is 0.479 e. The quantitative estimate of drug-likeness (QED) is 0.609. The summed E-state index contributed by atoms with van der Waals surface area (Å²) in [4.78, 5) is 32.6. The monoisotopic (exact) mass is 282 g/mol. The van der Waals surface area contributed by atoms with E-state index in [0.29, 0.717) is 0 Å². The summed E-state index contributed by atoms with van der Waals surface area (Å²) in [5, 5.41) is 29.2. The molecule has 0 fully saturated rings. The van der Waals surface area contributed by atoms with E-state index in [1.165, 1.54) is 6.07 Å². The number of hydrogen-bond donors (Lipinski definition) is 2. The number of carbonyl (C=O) groups is 1. The van der Waals surface area contributed by atoms with Gasteiger partial charge in [0.25, 0.3) is 5.69 Å². The molecule has 9 nitrogen and oxygen atoms in total. The molecule has 0 spiro atoms. The zero-order chi connectivity index (χ0) is 15.1. The summed E-state index contributed by atoms with van der Waals surface area (Å²) in [6, 6.07) is 3.48. The zero-order valence-electron chi connectivity index (χ0n) is 10.3. The normalized spacial score (nSPS) is 14.1. The predicted molar refractivity (Wildman–Crippen MR) is 65.4 cm³/mol. The molecule has 0 aliphatic heterocycles. The van der Waals surface area contributed by atoms with Crippen molar-refractivity contribution in [3.05, 3.63) is 38.9 Å². The van der Waals surface area contributed by atoms with Gasteiger partial charge in [-0.25, -0.2) is 9.59 Å². The van der Waals surface area contributed by atoms with Crippen LogP contribution in [0.15, 0.2) is 27.4 Å². The number of carboxylic acids is 1. The Bertz CT molecular complexity index is 756. The molecule has 0 radical (unpaired) electrons. The third-order valence-corrected chi connectivity index (χ3v) is 2.79. The van der Waals surface area contributed by atoms with E-state index in [4.69, 9.17) is 9.52 Å². The molecule has 2 N–H and O–H groups in total. The van der Waals surface area contributed by atoms with E-state index in [9.17, 15) is 24.8 Å². The summed E-state index contributed by atoms with van der Waals surface area (Å²) in [7, 11) is 0. The first-order valence-electron chi connectivity index (χ1n) is 5.46. The molecule has 1 atom stereocenters. The van der Waals surface area contributed by atoms with Crippen molar-refractivity contribution in [1.82, 2.24) is 4.57 Å². The molecule has 0 bridgehead atoms. The van der Waals surface area contributed by atoms with Gasteiger partial charge in [-0.3, -0.25) is 14.7 Å². The summed E-state index contributed by atoms with van der Waals surface area (Å²) >= 11 is 0. The molecule has 0 saturated carbocycles. The molecule has 1 aromatic carbocycles. The van der Waals surface area contributed by atoms with Crippen LogP contribution in [-0.4, -0.2) is 31.3 Å². The van der Waals surface area contributed by atoms with Crippen LogP contribution in [0.1, 0.15) is 6.92 Å². The fraction of sp³-hybridized carbons (Fsp3) is 0.273. The van der Waals surface area contributed by atoms with Crippen LogP contribution in [0.5, 0.6) is 0 Å². The molecule has 1 aromatic heterocycles. The van der Waals surface area contributed by atoms with E-state index in [-0.39, 0.29) is 16.8 Å². The van der Waals surface area contributed by atoms with Gasteiger partial charge in [-0.15, -0.1) is 0 Å². The first-order valence-corrected chi connectivity index (χ1v) is 5.46. The molecule has 0 amide bonds. The van der Waals surface area contributed by atoms with Crippen molar-refractivity contribution in [3.63, 3.8) is 0 Å². The second kappa shape index (κ2) is 4.46. The molecule has 0 saturated heterocycles. The second-order valence-electron chi connectivity index (χ2n) is 4.44. The van der Waals surface area contributed by atoms with Gasteiger partial charge in [-0.05, 0) is 13.0 Å². The van der Waals surface area contributed by atoms with Crippen LogP contribution in [0.4, 0.5) is 5.69 Å². The molecule has 0 aliphatic carbocycles. The first kappa shape index (κ1) is 13.7. The van der Waals surface area contributed by atoms with Crippen LogP contribution in [-0.2, 0) is 11.3 Å². The smallest absolute Gasteiger partial charge is 0.420 e. The molecular formula is C11H10N2O7. The maximum atomic E-state index is 11.6. The van der Waals surface area contributed by atoms with Gasteiger partial charge >= 0.3 is 11.7 Å². The molecule has 1 unspecified atom stereocenters. The lowest BCUT2D eigenvalue weighted by molar-refractivity contribution is -0.384. The number of aliphatic carboxylic acids is 1. The van der Waals surface area contributed by atoms with Gasteiger partial charge < -0.3 is 14.6 Å². The van der Waals surface area contributed by atoms with Gasteiger partial charge in [0.05, 0.1) is 17.0 Å². The summed E-state index contributed by atoms with van der Waals surface area (Å²) < 4.78 is 5.68. The third-order valence-electron chi connectivity index (χ3n) is 2.79. The van der Waals surface area contributed by atoms with E-state index in [1.54, 1.807) is 0 Å². The lowest BCUT2D eigenvalue weighted by atomic mass is 10.1. The lowest BCUT2D eigenvalue weighted by Crippen LogP contribution is -2.41. The summed E-state index contributed by atoms with van der Waals surface area (Å²) in [5.74, 6) is -2.42. The highest BCUT2D eigenvalue weighted by atomic mass is 16.6. The minimum atomic E-state index is -2.20. The van der Waals surface area contributed by atoms with Crippen LogP contribution in [0, 0.1) is 10.1 Å². The Kier molecular flexibility index (Phi) is 3.06.